The van der Waals surface area contributed by atoms with E-state index in [0.29, 0.717) is 5.82 Å². The lowest BCUT2D eigenvalue weighted by Crippen LogP contribution is -2.14. The molecule has 0 aliphatic heterocycles. The maximum absolute atomic E-state index is 11.3. The number of rotatable bonds is 5. The zero-order valence-electron chi connectivity index (χ0n) is 12.6. The van der Waals surface area contributed by atoms with Crippen molar-refractivity contribution in [2.24, 2.45) is 0 Å². The molecule has 0 saturated carbocycles. The summed E-state index contributed by atoms with van der Waals surface area (Å²) in [4.78, 5) is 17.8. The Morgan fingerprint density at radius 1 is 1.29 bits per heavy atom. The fraction of sp³-hybridized carbons (Fsp3) is 0.294. The summed E-state index contributed by atoms with van der Waals surface area (Å²) in [5, 5.41) is 9.26. The molecule has 0 aliphatic carbocycles. The standard InChI is InChI=1S/C17H20N2O2/c1-4-7-14-10-13(17(20)21)11-16(18-14)19(3)15-9-6-5-8-12(15)2/h5-6,8-11H,4,7H2,1-3H3,(H,20,21). The Labute approximate surface area is 125 Å². The van der Waals surface area contributed by atoms with Crippen LogP contribution >= 0.6 is 0 Å². The summed E-state index contributed by atoms with van der Waals surface area (Å²) < 4.78 is 0. The second-order valence-electron chi connectivity index (χ2n) is 5.11. The predicted molar refractivity (Wildman–Crippen MR) is 84.4 cm³/mol. The largest absolute Gasteiger partial charge is 0.478 e. The first-order chi connectivity index (χ1) is 10.0. The summed E-state index contributed by atoms with van der Waals surface area (Å²) in [5.74, 6) is -0.262. The number of carboxylic acids is 1. The molecule has 0 unspecified atom stereocenters. The number of para-hydroxylation sites is 1. The highest BCUT2D eigenvalue weighted by Crippen LogP contribution is 2.26. The molecule has 2 aromatic rings. The Morgan fingerprint density at radius 2 is 2.00 bits per heavy atom. The number of carboxylic acid groups (broad SMARTS) is 1. The molecule has 1 aromatic heterocycles. The molecule has 110 valence electrons. The van der Waals surface area contributed by atoms with Crippen molar-refractivity contribution in [1.82, 2.24) is 4.98 Å². The van der Waals surface area contributed by atoms with Crippen molar-refractivity contribution < 1.29 is 9.90 Å². The molecule has 21 heavy (non-hydrogen) atoms. The van der Waals surface area contributed by atoms with E-state index in [9.17, 15) is 9.90 Å². The van der Waals surface area contributed by atoms with Crippen LogP contribution in [0.1, 0.15) is 35.0 Å². The molecule has 0 saturated heterocycles. The number of aryl methyl sites for hydroxylation is 2. The van der Waals surface area contributed by atoms with Crippen LogP contribution in [0.3, 0.4) is 0 Å². The summed E-state index contributed by atoms with van der Waals surface area (Å²) in [6.07, 6.45) is 1.71. The number of pyridine rings is 1. The number of benzene rings is 1. The van der Waals surface area contributed by atoms with Gasteiger partial charge in [-0.05, 0) is 37.1 Å². The number of hydrogen-bond acceptors (Lipinski definition) is 3. The lowest BCUT2D eigenvalue weighted by Gasteiger charge is -2.21. The molecule has 4 heteroatoms. The minimum Gasteiger partial charge on any atom is -0.478 e. The van der Waals surface area contributed by atoms with Gasteiger partial charge in [-0.3, -0.25) is 0 Å². The van der Waals surface area contributed by atoms with E-state index in [2.05, 4.69) is 11.9 Å². The van der Waals surface area contributed by atoms with Gasteiger partial charge in [-0.1, -0.05) is 31.5 Å². The third-order valence-corrected chi connectivity index (χ3v) is 3.44. The second kappa shape index (κ2) is 6.39. The molecule has 0 fully saturated rings. The topological polar surface area (TPSA) is 53.4 Å². The van der Waals surface area contributed by atoms with E-state index in [1.165, 1.54) is 0 Å². The van der Waals surface area contributed by atoms with Gasteiger partial charge in [-0.15, -0.1) is 0 Å². The van der Waals surface area contributed by atoms with Crippen LogP contribution in [0, 0.1) is 6.92 Å². The summed E-state index contributed by atoms with van der Waals surface area (Å²) in [6.45, 7) is 4.08. The van der Waals surface area contributed by atoms with E-state index in [-0.39, 0.29) is 5.56 Å². The number of hydrogen-bond donors (Lipinski definition) is 1. The second-order valence-corrected chi connectivity index (χ2v) is 5.11. The van der Waals surface area contributed by atoms with E-state index in [4.69, 9.17) is 0 Å². The van der Waals surface area contributed by atoms with Gasteiger partial charge in [-0.25, -0.2) is 9.78 Å². The summed E-state index contributed by atoms with van der Waals surface area (Å²) in [5.41, 5.74) is 3.24. The third-order valence-electron chi connectivity index (χ3n) is 3.44. The summed E-state index contributed by atoms with van der Waals surface area (Å²) in [7, 11) is 1.91. The zero-order chi connectivity index (χ0) is 15.4. The molecule has 1 aromatic carbocycles. The van der Waals surface area contributed by atoms with Gasteiger partial charge in [0.05, 0.1) is 5.56 Å². The smallest absolute Gasteiger partial charge is 0.335 e. The molecule has 1 N–H and O–H groups in total. The lowest BCUT2D eigenvalue weighted by molar-refractivity contribution is 0.0696. The Hall–Kier alpha value is -2.36. The molecular weight excluding hydrogens is 264 g/mol. The highest BCUT2D eigenvalue weighted by Gasteiger charge is 2.13. The van der Waals surface area contributed by atoms with E-state index < -0.39 is 5.97 Å². The number of aromatic nitrogens is 1. The molecule has 0 bridgehead atoms. The van der Waals surface area contributed by atoms with Gasteiger partial charge in [0.2, 0.25) is 0 Å². The molecule has 0 amide bonds. The first-order valence-electron chi connectivity index (χ1n) is 7.06. The van der Waals surface area contributed by atoms with Gasteiger partial charge in [0.15, 0.2) is 0 Å². The normalized spacial score (nSPS) is 10.4. The molecule has 0 radical (unpaired) electrons. The average molecular weight is 284 g/mol. The molecular formula is C17H20N2O2. The Kier molecular flexibility index (Phi) is 4.58. The van der Waals surface area contributed by atoms with Crippen molar-refractivity contribution in [1.29, 1.82) is 0 Å². The Bertz CT molecular complexity index is 653. The highest BCUT2D eigenvalue weighted by atomic mass is 16.4. The SMILES string of the molecule is CCCc1cc(C(=O)O)cc(N(C)c2ccccc2C)n1. The Morgan fingerprint density at radius 3 is 2.62 bits per heavy atom. The predicted octanol–water partition coefficient (Wildman–Crippen LogP) is 3.81. The van der Waals surface area contributed by atoms with Crippen molar-refractivity contribution in [3.63, 3.8) is 0 Å². The molecule has 0 atom stereocenters. The van der Waals surface area contributed by atoms with Gasteiger partial charge in [0.1, 0.15) is 5.82 Å². The van der Waals surface area contributed by atoms with Crippen molar-refractivity contribution in [3.05, 3.63) is 53.2 Å². The number of nitrogens with zero attached hydrogens (tertiary/aromatic N) is 2. The van der Waals surface area contributed by atoms with Crippen molar-refractivity contribution in [2.45, 2.75) is 26.7 Å². The average Bonchev–Trinajstić information content (AvgIpc) is 2.47. The molecule has 0 aliphatic rings. The monoisotopic (exact) mass is 284 g/mol. The maximum atomic E-state index is 11.3. The van der Waals surface area contributed by atoms with E-state index >= 15 is 0 Å². The minimum absolute atomic E-state index is 0.281. The number of anilines is 2. The fourth-order valence-electron chi connectivity index (χ4n) is 2.31. The maximum Gasteiger partial charge on any atom is 0.335 e. The first-order valence-corrected chi connectivity index (χ1v) is 7.06. The van der Waals surface area contributed by atoms with Crippen LogP contribution in [0.5, 0.6) is 0 Å². The van der Waals surface area contributed by atoms with Gasteiger partial charge < -0.3 is 10.0 Å². The fourth-order valence-corrected chi connectivity index (χ4v) is 2.31. The van der Waals surface area contributed by atoms with Gasteiger partial charge >= 0.3 is 5.97 Å². The van der Waals surface area contributed by atoms with Crippen LogP contribution in [-0.2, 0) is 6.42 Å². The molecule has 1 heterocycles. The zero-order valence-corrected chi connectivity index (χ0v) is 12.6. The molecule has 0 spiro atoms. The van der Waals surface area contributed by atoms with E-state index in [1.54, 1.807) is 12.1 Å². The summed E-state index contributed by atoms with van der Waals surface area (Å²) in [6, 6.07) is 11.3. The van der Waals surface area contributed by atoms with Crippen molar-refractivity contribution in [2.75, 3.05) is 11.9 Å². The van der Waals surface area contributed by atoms with Crippen LogP contribution in [0.2, 0.25) is 0 Å². The quantitative estimate of drug-likeness (QED) is 0.907. The molecule has 4 nitrogen and oxygen atoms in total. The third kappa shape index (κ3) is 3.40. The highest BCUT2D eigenvalue weighted by molar-refractivity contribution is 5.89. The number of aromatic carboxylic acids is 1. The summed E-state index contributed by atoms with van der Waals surface area (Å²) >= 11 is 0. The van der Waals surface area contributed by atoms with Gasteiger partial charge in [0, 0.05) is 18.4 Å². The van der Waals surface area contributed by atoms with Crippen LogP contribution in [0.4, 0.5) is 11.5 Å². The van der Waals surface area contributed by atoms with Crippen LogP contribution in [-0.4, -0.2) is 23.1 Å². The van der Waals surface area contributed by atoms with Crippen LogP contribution < -0.4 is 4.90 Å². The van der Waals surface area contributed by atoms with Crippen LogP contribution in [0.15, 0.2) is 36.4 Å². The van der Waals surface area contributed by atoms with Crippen LogP contribution in [0.25, 0.3) is 0 Å². The minimum atomic E-state index is -0.922. The van der Waals surface area contributed by atoms with E-state index in [1.807, 2.05) is 43.1 Å². The van der Waals surface area contributed by atoms with Crippen molar-refractivity contribution >= 4 is 17.5 Å². The number of carbonyl (C=O) groups is 1. The van der Waals surface area contributed by atoms with Crippen molar-refractivity contribution in [3.8, 4) is 0 Å². The Balaban J connectivity index is 2.47. The molecule has 2 rings (SSSR count). The van der Waals surface area contributed by atoms with Gasteiger partial charge in [-0.2, -0.15) is 0 Å². The van der Waals surface area contributed by atoms with E-state index in [0.717, 1.165) is 29.8 Å². The lowest BCUT2D eigenvalue weighted by atomic mass is 10.1. The van der Waals surface area contributed by atoms with Gasteiger partial charge in [0.25, 0.3) is 0 Å². The first kappa shape index (κ1) is 15.0.